The van der Waals surface area contributed by atoms with Gasteiger partial charge in [0.15, 0.2) is 34.5 Å². The summed E-state index contributed by atoms with van der Waals surface area (Å²) in [7, 11) is 0. The van der Waals surface area contributed by atoms with Crippen LogP contribution >= 0.6 is 0 Å². The first-order valence-corrected chi connectivity index (χ1v) is 60.6. The molecule has 792 valence electrons. The van der Waals surface area contributed by atoms with E-state index >= 15 is 0 Å². The lowest BCUT2D eigenvalue weighted by Gasteiger charge is -2.13. The average Bonchev–Trinajstić information content (AvgIpc) is 0.757. The largest absolute Gasteiger partial charge is 0.490 e. The summed E-state index contributed by atoms with van der Waals surface area (Å²) < 4.78 is 42.5. The lowest BCUT2D eigenvalue weighted by Crippen LogP contribution is -2.03. The highest BCUT2D eigenvalue weighted by molar-refractivity contribution is 6.27. The quantitative estimate of drug-likeness (QED) is 0.0280. The lowest BCUT2D eigenvalue weighted by molar-refractivity contribution is 0.259. The van der Waals surface area contributed by atoms with E-state index in [0.717, 1.165) is 206 Å². The zero-order chi connectivity index (χ0) is 104. The predicted molar refractivity (Wildman–Crippen MR) is 646 cm³/mol. The average molecular weight is 2010 g/mol. The van der Waals surface area contributed by atoms with Crippen molar-refractivity contribution >= 4 is 129 Å². The van der Waals surface area contributed by atoms with Gasteiger partial charge in [0.05, 0.1) is 39.6 Å². The summed E-state index contributed by atoms with van der Waals surface area (Å²) >= 11 is 0. The Morgan fingerprint density at radius 1 is 0.127 bits per heavy atom. The molecular formula is C144H180O6. The van der Waals surface area contributed by atoms with Gasteiger partial charge in [-0.1, -0.05) is 607 Å². The normalized spacial score (nSPS) is 11.2. The topological polar surface area (TPSA) is 55.4 Å². The first kappa shape index (κ1) is 115. The van der Waals surface area contributed by atoms with Crippen molar-refractivity contribution in [2.75, 3.05) is 39.6 Å². The first-order valence-electron chi connectivity index (χ1n) is 60.6. The molecule has 0 aliphatic rings. The summed E-state index contributed by atoms with van der Waals surface area (Å²) in [6.45, 7) is 17.2. The Labute approximate surface area is 907 Å². The van der Waals surface area contributed by atoms with Gasteiger partial charge >= 0.3 is 0 Å². The zero-order valence-electron chi connectivity index (χ0n) is 93.4. The Kier molecular flexibility index (Phi) is 53.1. The van der Waals surface area contributed by atoms with Crippen LogP contribution in [0.25, 0.3) is 129 Å². The third-order valence-electron chi connectivity index (χ3n) is 30.5. The summed E-state index contributed by atoms with van der Waals surface area (Å²) in [5, 5.41) is 22.0. The molecule has 0 aliphatic carbocycles. The number of benzene rings is 12. The summed E-state index contributed by atoms with van der Waals surface area (Å²) in [5.74, 6) is 4.18. The molecule has 6 heteroatoms. The molecule has 0 saturated carbocycles. The van der Waals surface area contributed by atoms with E-state index in [1.807, 2.05) is 0 Å². The van der Waals surface area contributed by atoms with Gasteiger partial charge in [-0.05, 0) is 103 Å². The standard InChI is InChI=1S/C144H180O6/c1-7-13-19-25-31-37-43-49-55-73-103-145-139-109-115-91-97-133-121-79-61-63-81-123(121)135(124-82-64-62-80-122(124)133)99-93-117-111-141(147-105-75-57-51-45-39-33-27-21-15-9-3)143(149-107-77-59-53-47-41-35-29-23-17-11-5)113-119(117)95-101-137-129-87-69-71-89-131(129)138(132-90-72-70-88-130(132)137)102-96-120-114-144(150-108-78-60-54-48-42-36-30-24-18-12-6)142(148-106-76-58-52-46-40-34-28-22-16-10-4)112-118(120)94-100-136-127-85-67-65-83-125(127)134(126-84-66-68-86-128(126)136)98-92-116(115)110-140(139)146-104-74-56-50-44-38-32-26-20-14-8-2/h61-72,79-90,109-114H,7-60,73-78,103-108H2,1-6H3. The summed E-state index contributed by atoms with van der Waals surface area (Å²) in [6.07, 6.45) is 74.3. The van der Waals surface area contributed by atoms with Gasteiger partial charge in [-0.25, -0.2) is 0 Å². The van der Waals surface area contributed by atoms with E-state index in [0.29, 0.717) is 74.1 Å². The predicted octanol–water partition coefficient (Wildman–Crippen LogP) is 44.0. The van der Waals surface area contributed by atoms with Crippen molar-refractivity contribution in [3.8, 4) is 34.5 Å². The second kappa shape index (κ2) is 69.0. The van der Waals surface area contributed by atoms with Crippen LogP contribution in [0.1, 0.15) is 427 Å². The fourth-order valence-electron chi connectivity index (χ4n) is 21.6. The lowest BCUT2D eigenvalue weighted by atomic mass is 9.96. The Balaban J connectivity index is 1.05. The van der Waals surface area contributed by atoms with Crippen LogP contribution in [0.15, 0.2) is 182 Å². The van der Waals surface area contributed by atoms with Crippen LogP contribution in [0.5, 0.6) is 34.5 Å². The van der Waals surface area contributed by atoms with Crippen molar-refractivity contribution in [1.82, 2.24) is 0 Å². The van der Waals surface area contributed by atoms with Crippen LogP contribution in [0.4, 0.5) is 0 Å². The van der Waals surface area contributed by atoms with E-state index in [1.165, 1.54) is 308 Å². The minimum Gasteiger partial charge on any atom is -0.490 e. The van der Waals surface area contributed by atoms with Gasteiger partial charge in [-0.15, -0.1) is 0 Å². The van der Waals surface area contributed by atoms with Crippen LogP contribution in [0, 0.1) is 72.8 Å². The van der Waals surface area contributed by atoms with Gasteiger partial charge in [0, 0.05) is 101 Å². The molecule has 0 fully saturated rings. The van der Waals surface area contributed by atoms with E-state index in [2.05, 4.69) is 296 Å². The molecule has 0 amide bonds. The molecule has 6 nitrogen and oxygen atoms in total. The van der Waals surface area contributed by atoms with Gasteiger partial charge < -0.3 is 28.4 Å². The fraction of sp³-hybridized carbons (Fsp3) is 0.500. The Hall–Kier alpha value is -11.6. The van der Waals surface area contributed by atoms with E-state index in [9.17, 15) is 0 Å². The smallest absolute Gasteiger partial charge is 0.162 e. The summed E-state index contributed by atoms with van der Waals surface area (Å²) in [5.41, 5.74) is 0. The van der Waals surface area contributed by atoms with Crippen molar-refractivity contribution in [3.05, 3.63) is 255 Å². The van der Waals surface area contributed by atoms with Crippen molar-refractivity contribution in [2.45, 2.75) is 427 Å². The van der Waals surface area contributed by atoms with Crippen molar-refractivity contribution in [2.24, 2.45) is 0 Å². The zero-order valence-corrected chi connectivity index (χ0v) is 93.4. The molecule has 0 saturated heterocycles. The van der Waals surface area contributed by atoms with Gasteiger partial charge in [0.25, 0.3) is 0 Å². The van der Waals surface area contributed by atoms with Gasteiger partial charge in [0.2, 0.25) is 0 Å². The second-order valence-corrected chi connectivity index (χ2v) is 42.7. The summed E-state index contributed by atoms with van der Waals surface area (Å²) in [4.78, 5) is 0. The highest BCUT2D eigenvalue weighted by atomic mass is 16.5. The molecule has 16 aromatic carbocycles. The molecule has 0 atom stereocenters. The Morgan fingerprint density at radius 3 is 0.333 bits per heavy atom. The molecule has 0 aromatic heterocycles. The van der Waals surface area contributed by atoms with Crippen LogP contribution in [-0.2, 0) is 0 Å². The van der Waals surface area contributed by atoms with Gasteiger partial charge in [0.1, 0.15) is 0 Å². The van der Waals surface area contributed by atoms with Crippen LogP contribution in [0.2, 0.25) is 0 Å². The number of hydrogen-bond donors (Lipinski definition) is 0. The maximum absolute atomic E-state index is 7.08. The van der Waals surface area contributed by atoms with E-state index < -0.39 is 0 Å². The van der Waals surface area contributed by atoms with Gasteiger partial charge in [-0.3, -0.25) is 0 Å². The third-order valence-corrected chi connectivity index (χ3v) is 30.5. The third kappa shape index (κ3) is 37.4. The van der Waals surface area contributed by atoms with Crippen molar-refractivity contribution < 1.29 is 28.4 Å². The molecule has 0 unspecified atom stereocenters. The first-order chi connectivity index (χ1) is 74.4. The minimum absolute atomic E-state index is 0.567. The fourth-order valence-corrected chi connectivity index (χ4v) is 21.6. The molecule has 0 aliphatic heterocycles. The van der Waals surface area contributed by atoms with E-state index in [1.54, 1.807) is 0 Å². The highest BCUT2D eigenvalue weighted by Gasteiger charge is 2.18. The Morgan fingerprint density at radius 2 is 0.227 bits per heavy atom. The molecule has 0 heterocycles. The van der Waals surface area contributed by atoms with Gasteiger partial charge in [-0.2, -0.15) is 0 Å². The van der Waals surface area contributed by atoms with E-state index in [4.69, 9.17) is 28.4 Å². The SMILES string of the molecule is CCCCCCCCCCCCOc1cc2c#cc3c4ccccc4c(c#cc4cc(OCCCCCCCCCCCC)c(OCCCCCCCCCCCC)cc4c#cc4c5ccccc5c(c#cc5cc(OCCCCCCCCCCCC)c(OCCCCCCCCCCCC)cc5c#cc5c6ccccc6c(c#cc2cc1OCCCCCCCCCCCC)c1ccccc51)c1ccccc41)c1ccccc31. The maximum atomic E-state index is 7.08. The molecule has 16 rings (SSSR count). The van der Waals surface area contributed by atoms with Crippen molar-refractivity contribution in [3.63, 3.8) is 0 Å². The minimum atomic E-state index is 0.567. The van der Waals surface area contributed by atoms with Crippen LogP contribution in [-0.4, -0.2) is 39.6 Å². The molecule has 0 N–H and O–H groups in total. The second-order valence-electron chi connectivity index (χ2n) is 42.7. The molecule has 16 aromatic rings. The van der Waals surface area contributed by atoms with Crippen molar-refractivity contribution in [1.29, 1.82) is 0 Å². The number of rotatable bonds is 72. The van der Waals surface area contributed by atoms with Crippen LogP contribution < -0.4 is 28.4 Å². The highest BCUT2D eigenvalue weighted by Crippen LogP contribution is 2.41. The maximum Gasteiger partial charge on any atom is 0.162 e. The number of hydrogen-bond acceptors (Lipinski definition) is 6. The monoisotopic (exact) mass is 2010 g/mol. The van der Waals surface area contributed by atoms with Crippen LogP contribution in [0.3, 0.4) is 0 Å². The molecule has 150 heavy (non-hydrogen) atoms. The van der Waals surface area contributed by atoms with E-state index in [-0.39, 0.29) is 0 Å². The molecule has 0 radical (unpaired) electrons. The molecule has 0 spiro atoms. The Bertz CT molecular complexity index is 5310. The molecular weight excluding hydrogens is 1830 g/mol. The molecule has 6 bridgehead atoms. The number of unbranched alkanes of at least 4 members (excludes halogenated alkanes) is 54. The number of ether oxygens (including phenoxy) is 6. The summed E-state index contributed by atoms with van der Waals surface area (Å²) in [6, 6.07) is 112.